The monoisotopic (exact) mass is 579 g/mol. The van der Waals surface area contributed by atoms with Crippen LogP contribution in [0.1, 0.15) is 53.8 Å². The molecule has 0 saturated carbocycles. The van der Waals surface area contributed by atoms with Crippen LogP contribution < -0.4 is 10.1 Å². The number of likely N-dealkylation sites (tertiary alicyclic amines) is 1. The Morgan fingerprint density at radius 2 is 1.74 bits per heavy atom. The van der Waals surface area contributed by atoms with Gasteiger partial charge in [0.25, 0.3) is 5.91 Å². The van der Waals surface area contributed by atoms with Crippen molar-refractivity contribution in [1.29, 1.82) is 0 Å². The Balaban J connectivity index is 1.34. The van der Waals surface area contributed by atoms with E-state index in [0.29, 0.717) is 12.3 Å². The lowest BCUT2D eigenvalue weighted by molar-refractivity contribution is -0.137. The van der Waals surface area contributed by atoms with Crippen molar-refractivity contribution >= 4 is 29.1 Å². The molecule has 5 nitrogen and oxygen atoms in total. The lowest BCUT2D eigenvalue weighted by atomic mass is 9.86. The van der Waals surface area contributed by atoms with Gasteiger partial charge in [-0.25, -0.2) is 4.98 Å². The van der Waals surface area contributed by atoms with E-state index in [0.717, 1.165) is 50.0 Å². The Kier molecular flexibility index (Phi) is 9.75. The first-order valence-corrected chi connectivity index (χ1v) is 13.6. The number of pyridine rings is 1. The van der Waals surface area contributed by atoms with Crippen molar-refractivity contribution in [3.8, 4) is 5.75 Å². The maximum Gasteiger partial charge on any atom is 0.416 e. The SMILES string of the molecule is CC(CCNC(=O)c1ccnc(Cl)c1Cl)N1CCC(C(Oc2ccccc2)c2ccc(C(F)(F)F)cc2)CC1. The van der Waals surface area contributed by atoms with Gasteiger partial charge in [0.2, 0.25) is 0 Å². The average molecular weight is 580 g/mol. The van der Waals surface area contributed by atoms with Gasteiger partial charge >= 0.3 is 6.18 Å². The Hall–Kier alpha value is -2.81. The van der Waals surface area contributed by atoms with Crippen molar-refractivity contribution in [2.45, 2.75) is 44.5 Å². The van der Waals surface area contributed by atoms with E-state index in [4.69, 9.17) is 27.9 Å². The zero-order chi connectivity index (χ0) is 28.0. The van der Waals surface area contributed by atoms with Crippen molar-refractivity contribution in [3.05, 3.63) is 93.7 Å². The van der Waals surface area contributed by atoms with E-state index in [9.17, 15) is 18.0 Å². The third-order valence-corrected chi connectivity index (χ3v) is 7.90. The molecule has 4 rings (SSSR count). The topological polar surface area (TPSA) is 54.5 Å². The second-order valence-corrected chi connectivity index (χ2v) is 10.4. The number of ether oxygens (including phenoxy) is 1. The second-order valence-electron chi connectivity index (χ2n) is 9.70. The molecular formula is C29H30Cl2F3N3O2. The summed E-state index contributed by atoms with van der Waals surface area (Å²) in [6.07, 6.45) is -0.887. The summed E-state index contributed by atoms with van der Waals surface area (Å²) in [6, 6.07) is 16.4. The highest BCUT2D eigenvalue weighted by atomic mass is 35.5. The number of nitrogens with one attached hydrogen (secondary N) is 1. The maximum atomic E-state index is 13.1. The average Bonchev–Trinajstić information content (AvgIpc) is 2.93. The van der Waals surface area contributed by atoms with Gasteiger partial charge in [0.1, 0.15) is 17.0 Å². The van der Waals surface area contributed by atoms with E-state index >= 15 is 0 Å². The predicted octanol–water partition coefficient (Wildman–Crippen LogP) is 7.45. The number of carbonyl (C=O) groups excluding carboxylic acids is 1. The number of amides is 1. The van der Waals surface area contributed by atoms with Crippen LogP contribution in [0.15, 0.2) is 66.9 Å². The smallest absolute Gasteiger partial charge is 0.416 e. The van der Waals surface area contributed by atoms with Gasteiger partial charge in [0.15, 0.2) is 0 Å². The standard InChI is InChI=1S/C29H30Cl2F3N3O2/c1-19(11-15-36-28(38)24-12-16-35-27(31)25(24)30)37-17-13-21(14-18-37)26(39-23-5-3-2-4-6-23)20-7-9-22(10-8-20)29(32,33)34/h2-10,12,16,19,21,26H,11,13-15,17-18H2,1H3,(H,36,38). The molecule has 1 amide bonds. The highest BCUT2D eigenvalue weighted by molar-refractivity contribution is 6.43. The van der Waals surface area contributed by atoms with Crippen LogP contribution in [0.25, 0.3) is 0 Å². The highest BCUT2D eigenvalue weighted by Gasteiger charge is 2.33. The molecule has 1 aliphatic rings. The zero-order valence-electron chi connectivity index (χ0n) is 21.4. The van der Waals surface area contributed by atoms with Gasteiger partial charge in [-0.15, -0.1) is 0 Å². The summed E-state index contributed by atoms with van der Waals surface area (Å²) >= 11 is 12.0. The van der Waals surface area contributed by atoms with Gasteiger partial charge in [-0.3, -0.25) is 4.79 Å². The Morgan fingerprint density at radius 3 is 2.38 bits per heavy atom. The molecule has 208 valence electrons. The number of rotatable bonds is 9. The molecule has 3 aromatic rings. The zero-order valence-corrected chi connectivity index (χ0v) is 22.9. The molecule has 1 aromatic heterocycles. The van der Waals surface area contributed by atoms with E-state index in [-0.39, 0.29) is 39.7 Å². The molecule has 0 radical (unpaired) electrons. The number of nitrogens with zero attached hydrogens (tertiary/aromatic N) is 2. The predicted molar refractivity (Wildman–Crippen MR) is 146 cm³/mol. The molecule has 39 heavy (non-hydrogen) atoms. The largest absolute Gasteiger partial charge is 0.485 e. The minimum atomic E-state index is -4.38. The Labute approximate surface area is 236 Å². The summed E-state index contributed by atoms with van der Waals surface area (Å²) in [4.78, 5) is 18.7. The van der Waals surface area contributed by atoms with Crippen LogP contribution in [0.3, 0.4) is 0 Å². The van der Waals surface area contributed by atoms with Crippen molar-refractivity contribution in [3.63, 3.8) is 0 Å². The Bertz CT molecular complexity index is 1230. The molecule has 10 heteroatoms. The molecule has 1 N–H and O–H groups in total. The van der Waals surface area contributed by atoms with Crippen molar-refractivity contribution in [2.75, 3.05) is 19.6 Å². The second kappa shape index (κ2) is 13.0. The van der Waals surface area contributed by atoms with Crippen molar-refractivity contribution in [1.82, 2.24) is 15.2 Å². The number of piperidine rings is 1. The van der Waals surface area contributed by atoms with E-state index in [1.165, 1.54) is 24.4 Å². The molecule has 0 bridgehead atoms. The number of hydrogen-bond acceptors (Lipinski definition) is 4. The first-order chi connectivity index (χ1) is 18.6. The molecule has 0 aliphatic carbocycles. The van der Waals surface area contributed by atoms with Crippen LogP contribution in [0.4, 0.5) is 13.2 Å². The summed E-state index contributed by atoms with van der Waals surface area (Å²) in [5, 5.41) is 3.11. The molecule has 1 fully saturated rings. The molecule has 2 atom stereocenters. The lowest BCUT2D eigenvalue weighted by Crippen LogP contribution is -2.43. The summed E-state index contributed by atoms with van der Waals surface area (Å²) in [5.41, 5.74) is 0.351. The number of carbonyl (C=O) groups is 1. The molecule has 2 heterocycles. The molecule has 0 spiro atoms. The summed E-state index contributed by atoms with van der Waals surface area (Å²) in [7, 11) is 0. The third kappa shape index (κ3) is 7.65. The van der Waals surface area contributed by atoms with Gasteiger partial charge in [-0.2, -0.15) is 13.2 Å². The molecular weight excluding hydrogens is 550 g/mol. The number of para-hydroxylation sites is 1. The van der Waals surface area contributed by atoms with Gasteiger partial charge in [0.05, 0.1) is 16.1 Å². The fraction of sp³-hybridized carbons (Fsp3) is 0.379. The van der Waals surface area contributed by atoms with Crippen LogP contribution >= 0.6 is 23.2 Å². The summed E-state index contributed by atoms with van der Waals surface area (Å²) in [5.74, 6) is 0.529. The van der Waals surface area contributed by atoms with Crippen LogP contribution in [-0.4, -0.2) is 41.5 Å². The summed E-state index contributed by atoms with van der Waals surface area (Å²) < 4.78 is 45.7. The van der Waals surface area contributed by atoms with Crippen LogP contribution in [0, 0.1) is 5.92 Å². The first-order valence-electron chi connectivity index (χ1n) is 12.8. The molecule has 2 aromatic carbocycles. The molecule has 1 saturated heterocycles. The highest BCUT2D eigenvalue weighted by Crippen LogP contribution is 2.37. The lowest BCUT2D eigenvalue weighted by Gasteiger charge is -2.39. The summed E-state index contributed by atoms with van der Waals surface area (Å²) in [6.45, 7) is 4.24. The normalized spacial score (nSPS) is 16.5. The molecule has 1 aliphatic heterocycles. The molecule has 2 unspecified atom stereocenters. The van der Waals surface area contributed by atoms with E-state index in [2.05, 4.69) is 22.1 Å². The van der Waals surface area contributed by atoms with Gasteiger partial charge in [0, 0.05) is 24.7 Å². The van der Waals surface area contributed by atoms with Crippen LogP contribution in [0.2, 0.25) is 10.2 Å². The number of aromatic nitrogens is 1. The number of hydrogen-bond donors (Lipinski definition) is 1. The van der Waals surface area contributed by atoms with Gasteiger partial charge < -0.3 is 15.0 Å². The number of benzene rings is 2. The van der Waals surface area contributed by atoms with Crippen molar-refractivity contribution < 1.29 is 22.7 Å². The third-order valence-electron chi connectivity index (χ3n) is 7.14. The van der Waals surface area contributed by atoms with Crippen LogP contribution in [-0.2, 0) is 6.18 Å². The number of halogens is 5. The van der Waals surface area contributed by atoms with E-state index in [1.807, 2.05) is 30.3 Å². The quantitative estimate of drug-likeness (QED) is 0.267. The van der Waals surface area contributed by atoms with E-state index in [1.54, 1.807) is 0 Å². The fourth-order valence-electron chi connectivity index (χ4n) is 4.87. The fourth-order valence-corrected chi connectivity index (χ4v) is 5.23. The maximum absolute atomic E-state index is 13.1. The first kappa shape index (κ1) is 29.2. The number of alkyl halides is 3. The van der Waals surface area contributed by atoms with Gasteiger partial charge in [-0.1, -0.05) is 53.5 Å². The van der Waals surface area contributed by atoms with Crippen LogP contribution in [0.5, 0.6) is 5.75 Å². The van der Waals surface area contributed by atoms with Gasteiger partial charge in [-0.05, 0) is 75.2 Å². The minimum Gasteiger partial charge on any atom is -0.485 e. The Morgan fingerprint density at radius 1 is 1.08 bits per heavy atom. The van der Waals surface area contributed by atoms with E-state index < -0.39 is 11.7 Å². The minimum absolute atomic E-state index is 0.0893. The van der Waals surface area contributed by atoms with Crippen molar-refractivity contribution in [2.24, 2.45) is 5.92 Å².